The smallest absolute Gasteiger partial charge is 0.344 e. The van der Waals surface area contributed by atoms with Crippen LogP contribution in [0.2, 0.25) is 0 Å². The molecule has 5 heteroatoms. The molecule has 0 saturated carbocycles. The lowest BCUT2D eigenvalue weighted by Crippen LogP contribution is -2.38. The maximum atomic E-state index is 12.3. The summed E-state index contributed by atoms with van der Waals surface area (Å²) in [5.74, 6) is 1.81. The number of hydrogen-bond acceptors (Lipinski definition) is 4. The van der Waals surface area contributed by atoms with E-state index in [4.69, 9.17) is 4.42 Å². The molecule has 0 N–H and O–H groups in total. The van der Waals surface area contributed by atoms with Crippen LogP contribution in [-0.4, -0.2) is 35.4 Å². The Labute approximate surface area is 120 Å². The van der Waals surface area contributed by atoms with E-state index in [2.05, 4.69) is 0 Å². The maximum Gasteiger partial charge on any atom is 0.344 e. The Bertz CT molecular complexity index is 717. The number of hydrogen-bond donors (Lipinski definition) is 0. The van der Waals surface area contributed by atoms with Crippen LogP contribution in [0.1, 0.15) is 16.1 Å². The molecule has 1 aliphatic rings. The van der Waals surface area contributed by atoms with E-state index in [1.54, 1.807) is 17.0 Å². The van der Waals surface area contributed by atoms with Gasteiger partial charge in [0.2, 0.25) is 0 Å². The first-order valence-corrected chi connectivity index (χ1v) is 7.72. The largest absolute Gasteiger partial charge is 0.417 e. The van der Waals surface area contributed by atoms with Crippen LogP contribution in [0.25, 0.3) is 10.8 Å². The topological polar surface area (TPSA) is 50.5 Å². The Hall–Kier alpha value is -1.75. The van der Waals surface area contributed by atoms with Crippen LogP contribution in [0.4, 0.5) is 0 Å². The van der Waals surface area contributed by atoms with Crippen LogP contribution in [0.3, 0.4) is 0 Å². The fourth-order valence-corrected chi connectivity index (χ4v) is 3.23. The molecular weight excluding hydrogens is 274 g/mol. The van der Waals surface area contributed by atoms with Crippen LogP contribution in [0.5, 0.6) is 0 Å². The standard InChI is InChI=1S/C15H15NO3S/c1-10-2-3-11-9-13(19-15(18)12(11)8-10)14(17)16-4-6-20-7-5-16/h2-3,8-9H,4-7H2,1H3. The van der Waals surface area contributed by atoms with Crippen molar-refractivity contribution >= 4 is 28.4 Å². The van der Waals surface area contributed by atoms with Crippen molar-refractivity contribution in [3.05, 3.63) is 46.0 Å². The second kappa shape index (κ2) is 5.32. The summed E-state index contributed by atoms with van der Waals surface area (Å²) in [4.78, 5) is 26.1. The van der Waals surface area contributed by atoms with Crippen LogP contribution in [0, 0.1) is 6.92 Å². The van der Waals surface area contributed by atoms with E-state index < -0.39 is 5.63 Å². The third kappa shape index (κ3) is 2.45. The van der Waals surface area contributed by atoms with Crippen LogP contribution < -0.4 is 5.63 Å². The number of nitrogens with zero attached hydrogens (tertiary/aromatic N) is 1. The quantitative estimate of drug-likeness (QED) is 0.808. The molecule has 0 spiro atoms. The van der Waals surface area contributed by atoms with E-state index in [1.165, 1.54) is 0 Å². The molecule has 0 unspecified atom stereocenters. The summed E-state index contributed by atoms with van der Waals surface area (Å²) in [5, 5.41) is 1.28. The summed E-state index contributed by atoms with van der Waals surface area (Å²) >= 11 is 1.83. The van der Waals surface area contributed by atoms with Crippen molar-refractivity contribution in [2.45, 2.75) is 6.92 Å². The molecule has 2 aromatic rings. The van der Waals surface area contributed by atoms with Crippen molar-refractivity contribution in [3.63, 3.8) is 0 Å². The van der Waals surface area contributed by atoms with Gasteiger partial charge < -0.3 is 9.32 Å². The van der Waals surface area contributed by atoms with Crippen molar-refractivity contribution in [3.8, 4) is 0 Å². The third-order valence-electron chi connectivity index (χ3n) is 3.43. The maximum absolute atomic E-state index is 12.3. The van der Waals surface area contributed by atoms with Gasteiger partial charge in [-0.3, -0.25) is 4.79 Å². The zero-order valence-electron chi connectivity index (χ0n) is 11.2. The van der Waals surface area contributed by atoms with Crippen molar-refractivity contribution in [2.75, 3.05) is 24.6 Å². The average Bonchev–Trinajstić information content (AvgIpc) is 2.48. The van der Waals surface area contributed by atoms with E-state index in [9.17, 15) is 9.59 Å². The van der Waals surface area contributed by atoms with Gasteiger partial charge in [0.1, 0.15) is 0 Å². The van der Waals surface area contributed by atoms with E-state index >= 15 is 0 Å². The van der Waals surface area contributed by atoms with E-state index in [0.29, 0.717) is 18.5 Å². The van der Waals surface area contributed by atoms with Gasteiger partial charge in [-0.25, -0.2) is 4.79 Å². The lowest BCUT2D eigenvalue weighted by molar-refractivity contribution is 0.0736. The molecule has 2 heterocycles. The number of carbonyl (C=O) groups excluding carboxylic acids is 1. The summed E-state index contributed by atoms with van der Waals surface area (Å²) in [6.07, 6.45) is 0. The van der Waals surface area contributed by atoms with Crippen molar-refractivity contribution in [1.29, 1.82) is 0 Å². The summed E-state index contributed by atoms with van der Waals surface area (Å²) in [6.45, 7) is 3.33. The molecule has 1 aromatic heterocycles. The number of carbonyl (C=O) groups is 1. The lowest BCUT2D eigenvalue weighted by atomic mass is 10.1. The van der Waals surface area contributed by atoms with E-state index in [0.717, 1.165) is 22.5 Å². The number of rotatable bonds is 1. The first-order valence-electron chi connectivity index (χ1n) is 6.57. The van der Waals surface area contributed by atoms with Gasteiger partial charge in [0.25, 0.3) is 5.91 Å². The Morgan fingerprint density at radius 1 is 1.25 bits per heavy atom. The zero-order chi connectivity index (χ0) is 14.1. The van der Waals surface area contributed by atoms with Crippen molar-refractivity contribution in [1.82, 2.24) is 4.90 Å². The minimum Gasteiger partial charge on any atom is -0.417 e. The molecule has 1 aromatic carbocycles. The molecule has 1 saturated heterocycles. The molecule has 4 nitrogen and oxygen atoms in total. The van der Waals surface area contributed by atoms with Crippen molar-refractivity contribution < 1.29 is 9.21 Å². The second-order valence-corrected chi connectivity index (χ2v) is 6.12. The first-order chi connectivity index (χ1) is 9.65. The van der Waals surface area contributed by atoms with Gasteiger partial charge in [-0.05, 0) is 24.4 Å². The summed E-state index contributed by atoms with van der Waals surface area (Å²) in [7, 11) is 0. The van der Waals surface area contributed by atoms with Gasteiger partial charge in [-0.1, -0.05) is 17.7 Å². The number of aryl methyl sites for hydroxylation is 1. The molecule has 20 heavy (non-hydrogen) atoms. The molecule has 1 amide bonds. The van der Waals surface area contributed by atoms with Gasteiger partial charge in [0.05, 0.1) is 5.39 Å². The highest BCUT2D eigenvalue weighted by molar-refractivity contribution is 7.99. The predicted octanol–water partition coefficient (Wildman–Crippen LogP) is 2.29. The predicted molar refractivity (Wildman–Crippen MR) is 80.4 cm³/mol. The molecule has 3 rings (SSSR count). The highest BCUT2D eigenvalue weighted by Crippen LogP contribution is 2.17. The minimum atomic E-state index is -0.444. The molecule has 0 bridgehead atoms. The highest BCUT2D eigenvalue weighted by Gasteiger charge is 2.21. The molecule has 1 aliphatic heterocycles. The second-order valence-electron chi connectivity index (χ2n) is 4.89. The molecule has 0 radical (unpaired) electrons. The summed E-state index contributed by atoms with van der Waals surface area (Å²) in [5.41, 5.74) is 0.554. The Kier molecular flexibility index (Phi) is 3.53. The molecular formula is C15H15NO3S. The molecule has 1 fully saturated rings. The molecule has 104 valence electrons. The molecule has 0 aliphatic carbocycles. The van der Waals surface area contributed by atoms with E-state index in [-0.39, 0.29) is 11.7 Å². The van der Waals surface area contributed by atoms with Crippen LogP contribution in [-0.2, 0) is 0 Å². The SMILES string of the molecule is Cc1ccc2cc(C(=O)N3CCSCC3)oc(=O)c2c1. The average molecular weight is 289 g/mol. The number of thioether (sulfide) groups is 1. The number of fused-ring (bicyclic) bond motifs is 1. The van der Waals surface area contributed by atoms with Gasteiger partial charge >= 0.3 is 5.63 Å². The fourth-order valence-electron chi connectivity index (χ4n) is 2.33. The monoisotopic (exact) mass is 289 g/mol. The summed E-state index contributed by atoms with van der Waals surface area (Å²) < 4.78 is 5.21. The fraction of sp³-hybridized carbons (Fsp3) is 0.333. The van der Waals surface area contributed by atoms with Crippen LogP contribution in [0.15, 0.2) is 33.5 Å². The third-order valence-corrected chi connectivity index (χ3v) is 4.37. The first kappa shape index (κ1) is 13.2. The van der Waals surface area contributed by atoms with Gasteiger partial charge in [-0.15, -0.1) is 0 Å². The van der Waals surface area contributed by atoms with Gasteiger partial charge in [0.15, 0.2) is 5.76 Å². The Morgan fingerprint density at radius 3 is 2.75 bits per heavy atom. The Morgan fingerprint density at radius 2 is 2.00 bits per heavy atom. The number of benzene rings is 1. The molecule has 0 atom stereocenters. The van der Waals surface area contributed by atoms with Gasteiger partial charge in [0, 0.05) is 24.6 Å². The number of amides is 1. The summed E-state index contributed by atoms with van der Waals surface area (Å²) in [6, 6.07) is 7.23. The highest BCUT2D eigenvalue weighted by atomic mass is 32.2. The minimum absolute atomic E-state index is 0.137. The van der Waals surface area contributed by atoms with Crippen LogP contribution >= 0.6 is 11.8 Å². The van der Waals surface area contributed by atoms with E-state index in [1.807, 2.05) is 30.8 Å². The Balaban J connectivity index is 2.02. The van der Waals surface area contributed by atoms with Crippen molar-refractivity contribution in [2.24, 2.45) is 0 Å². The normalized spacial score (nSPS) is 15.6. The lowest BCUT2D eigenvalue weighted by Gasteiger charge is -2.25. The zero-order valence-corrected chi connectivity index (χ0v) is 12.0. The van der Waals surface area contributed by atoms with Gasteiger partial charge in [-0.2, -0.15) is 11.8 Å².